The highest BCUT2D eigenvalue weighted by molar-refractivity contribution is 5.79. The maximum atomic E-state index is 11.7. The van der Waals surface area contributed by atoms with Gasteiger partial charge in [0.1, 0.15) is 5.54 Å². The molecular formula is C14H25NO4. The lowest BCUT2D eigenvalue weighted by molar-refractivity contribution is -0.154. The van der Waals surface area contributed by atoms with Crippen LogP contribution in [0.25, 0.3) is 0 Å². The van der Waals surface area contributed by atoms with Gasteiger partial charge in [-0.3, -0.25) is 10.1 Å². The fourth-order valence-corrected chi connectivity index (χ4v) is 2.86. The van der Waals surface area contributed by atoms with E-state index in [-0.39, 0.29) is 12.2 Å². The average molecular weight is 271 g/mol. The van der Waals surface area contributed by atoms with Crippen LogP contribution >= 0.6 is 0 Å². The highest BCUT2D eigenvalue weighted by Crippen LogP contribution is 2.29. The Balaban J connectivity index is 1.97. The molecule has 3 unspecified atom stereocenters. The molecule has 5 nitrogen and oxygen atoms in total. The molecule has 0 saturated carbocycles. The number of aliphatic carboxylic acids is 1. The Hall–Kier alpha value is -0.650. The number of ether oxygens (including phenoxy) is 2. The summed E-state index contributed by atoms with van der Waals surface area (Å²) in [5.74, 6) is -0.428. The Morgan fingerprint density at radius 1 is 1.42 bits per heavy atom. The van der Waals surface area contributed by atoms with Crippen molar-refractivity contribution in [1.29, 1.82) is 0 Å². The van der Waals surface area contributed by atoms with Crippen LogP contribution in [-0.2, 0) is 14.3 Å². The van der Waals surface area contributed by atoms with Crippen LogP contribution in [0, 0.1) is 5.92 Å². The molecule has 2 aliphatic rings. The van der Waals surface area contributed by atoms with E-state index < -0.39 is 11.5 Å². The molecule has 3 atom stereocenters. The fraction of sp³-hybridized carbons (Fsp3) is 0.929. The summed E-state index contributed by atoms with van der Waals surface area (Å²) in [6.07, 6.45) is 3.33. The van der Waals surface area contributed by atoms with Crippen LogP contribution in [0.1, 0.15) is 39.5 Å². The van der Waals surface area contributed by atoms with Gasteiger partial charge < -0.3 is 14.6 Å². The highest BCUT2D eigenvalue weighted by atomic mass is 16.5. The van der Waals surface area contributed by atoms with Crippen molar-refractivity contribution >= 4 is 5.97 Å². The van der Waals surface area contributed by atoms with Crippen LogP contribution in [0.4, 0.5) is 0 Å². The van der Waals surface area contributed by atoms with Crippen molar-refractivity contribution in [2.45, 2.75) is 57.3 Å². The molecule has 0 radical (unpaired) electrons. The summed E-state index contributed by atoms with van der Waals surface area (Å²) in [6.45, 7) is 6.07. The van der Waals surface area contributed by atoms with Crippen LogP contribution < -0.4 is 5.32 Å². The normalized spacial score (nSPS) is 35.7. The predicted octanol–water partition coefficient (Wildman–Crippen LogP) is 1.41. The first-order valence-corrected chi connectivity index (χ1v) is 7.25. The molecule has 0 amide bonds. The number of carboxylic acids is 1. The zero-order valence-corrected chi connectivity index (χ0v) is 11.9. The van der Waals surface area contributed by atoms with Crippen molar-refractivity contribution in [3.8, 4) is 0 Å². The van der Waals surface area contributed by atoms with Gasteiger partial charge in [-0.05, 0) is 25.2 Å². The molecule has 19 heavy (non-hydrogen) atoms. The SMILES string of the molecule is CC(C)C1CC(NCC2CCCO2)(C(=O)O)CCO1. The van der Waals surface area contributed by atoms with E-state index in [0.29, 0.717) is 31.9 Å². The summed E-state index contributed by atoms with van der Waals surface area (Å²) < 4.78 is 11.2. The van der Waals surface area contributed by atoms with E-state index in [9.17, 15) is 9.90 Å². The van der Waals surface area contributed by atoms with Crippen molar-refractivity contribution < 1.29 is 19.4 Å². The Bertz CT molecular complexity index is 315. The van der Waals surface area contributed by atoms with Crippen LogP contribution in [0.15, 0.2) is 0 Å². The van der Waals surface area contributed by atoms with Crippen LogP contribution in [-0.4, -0.2) is 48.6 Å². The number of hydrogen-bond acceptors (Lipinski definition) is 4. The van der Waals surface area contributed by atoms with E-state index in [2.05, 4.69) is 19.2 Å². The highest BCUT2D eigenvalue weighted by Gasteiger charge is 2.44. The molecule has 2 rings (SSSR count). The van der Waals surface area contributed by atoms with E-state index in [0.717, 1.165) is 19.4 Å². The van der Waals surface area contributed by atoms with Gasteiger partial charge in [-0.15, -0.1) is 0 Å². The summed E-state index contributed by atoms with van der Waals surface area (Å²) in [6, 6.07) is 0. The zero-order valence-electron chi connectivity index (χ0n) is 11.9. The minimum absolute atomic E-state index is 0.0156. The van der Waals surface area contributed by atoms with Crippen LogP contribution in [0.3, 0.4) is 0 Å². The molecule has 2 heterocycles. The van der Waals surface area contributed by atoms with E-state index in [4.69, 9.17) is 9.47 Å². The molecule has 0 spiro atoms. The third-order valence-corrected chi connectivity index (χ3v) is 4.26. The zero-order chi connectivity index (χ0) is 13.9. The quantitative estimate of drug-likeness (QED) is 0.791. The third kappa shape index (κ3) is 3.46. The molecule has 5 heteroatoms. The smallest absolute Gasteiger partial charge is 0.324 e. The molecule has 110 valence electrons. The van der Waals surface area contributed by atoms with Gasteiger partial charge in [0.05, 0.1) is 12.2 Å². The number of nitrogens with one attached hydrogen (secondary N) is 1. The first kappa shape index (κ1) is 14.8. The fourth-order valence-electron chi connectivity index (χ4n) is 2.86. The van der Waals surface area contributed by atoms with Gasteiger partial charge in [-0.1, -0.05) is 13.8 Å². The van der Waals surface area contributed by atoms with Crippen molar-refractivity contribution in [2.75, 3.05) is 19.8 Å². The Morgan fingerprint density at radius 3 is 2.79 bits per heavy atom. The molecule has 0 aromatic carbocycles. The molecule has 2 aliphatic heterocycles. The lowest BCUT2D eigenvalue weighted by atomic mass is 9.83. The second-order valence-electron chi connectivity index (χ2n) is 6.01. The predicted molar refractivity (Wildman–Crippen MR) is 71.2 cm³/mol. The first-order chi connectivity index (χ1) is 9.03. The largest absolute Gasteiger partial charge is 0.480 e. The van der Waals surface area contributed by atoms with Gasteiger partial charge in [0.15, 0.2) is 0 Å². The summed E-state index contributed by atoms with van der Waals surface area (Å²) in [5, 5.41) is 12.9. The van der Waals surface area contributed by atoms with Gasteiger partial charge >= 0.3 is 5.97 Å². The number of rotatable bonds is 5. The van der Waals surface area contributed by atoms with E-state index >= 15 is 0 Å². The maximum Gasteiger partial charge on any atom is 0.324 e. The van der Waals surface area contributed by atoms with Crippen molar-refractivity contribution in [2.24, 2.45) is 5.92 Å². The molecule has 0 aromatic rings. The van der Waals surface area contributed by atoms with Crippen molar-refractivity contribution in [3.05, 3.63) is 0 Å². The summed E-state index contributed by atoms with van der Waals surface area (Å²) in [5.41, 5.74) is -0.848. The molecular weight excluding hydrogens is 246 g/mol. The van der Waals surface area contributed by atoms with E-state index in [1.807, 2.05) is 0 Å². The Labute approximate surface area is 114 Å². The second kappa shape index (κ2) is 6.20. The second-order valence-corrected chi connectivity index (χ2v) is 6.01. The van der Waals surface area contributed by atoms with Gasteiger partial charge in [0.25, 0.3) is 0 Å². The Kier molecular flexibility index (Phi) is 4.81. The van der Waals surface area contributed by atoms with Gasteiger partial charge in [0, 0.05) is 26.2 Å². The topological polar surface area (TPSA) is 67.8 Å². The number of carbonyl (C=O) groups is 1. The minimum atomic E-state index is -0.848. The van der Waals surface area contributed by atoms with Crippen LogP contribution in [0.5, 0.6) is 0 Å². The van der Waals surface area contributed by atoms with Crippen molar-refractivity contribution in [3.63, 3.8) is 0 Å². The van der Waals surface area contributed by atoms with Crippen molar-refractivity contribution in [1.82, 2.24) is 5.32 Å². The first-order valence-electron chi connectivity index (χ1n) is 7.25. The molecule has 0 bridgehead atoms. The maximum absolute atomic E-state index is 11.7. The molecule has 0 aromatic heterocycles. The average Bonchev–Trinajstić information content (AvgIpc) is 2.89. The lowest BCUT2D eigenvalue weighted by Gasteiger charge is -2.40. The standard InChI is InChI=1S/C14H25NO4/c1-10(2)12-8-14(13(16)17,5-7-19-12)15-9-11-4-3-6-18-11/h10-12,15H,3-9H2,1-2H3,(H,16,17). The lowest BCUT2D eigenvalue weighted by Crippen LogP contribution is -2.59. The third-order valence-electron chi connectivity index (χ3n) is 4.26. The Morgan fingerprint density at radius 2 is 2.21 bits per heavy atom. The minimum Gasteiger partial charge on any atom is -0.480 e. The van der Waals surface area contributed by atoms with E-state index in [1.165, 1.54) is 0 Å². The van der Waals surface area contributed by atoms with Gasteiger partial charge in [-0.25, -0.2) is 0 Å². The summed E-state index contributed by atoms with van der Waals surface area (Å²) in [7, 11) is 0. The van der Waals surface area contributed by atoms with Gasteiger partial charge in [0.2, 0.25) is 0 Å². The van der Waals surface area contributed by atoms with Gasteiger partial charge in [-0.2, -0.15) is 0 Å². The molecule has 2 N–H and O–H groups in total. The summed E-state index contributed by atoms with van der Waals surface area (Å²) in [4.78, 5) is 11.7. The molecule has 2 fully saturated rings. The summed E-state index contributed by atoms with van der Waals surface area (Å²) >= 11 is 0. The number of hydrogen-bond donors (Lipinski definition) is 2. The molecule has 0 aliphatic carbocycles. The molecule has 2 saturated heterocycles. The van der Waals surface area contributed by atoms with E-state index in [1.54, 1.807) is 0 Å². The number of carboxylic acid groups (broad SMARTS) is 1. The van der Waals surface area contributed by atoms with Crippen LogP contribution in [0.2, 0.25) is 0 Å². The monoisotopic (exact) mass is 271 g/mol.